The zero-order chi connectivity index (χ0) is 13.0. The van der Waals surface area contributed by atoms with Gasteiger partial charge in [-0.2, -0.15) is 15.0 Å². The largest absolute Gasteiger partial charge is 0.497 e. The molecular weight excluding hydrogens is 228 g/mol. The van der Waals surface area contributed by atoms with E-state index in [1.54, 1.807) is 18.1 Å². The molecule has 0 aliphatic heterocycles. The Balaban J connectivity index is 2.13. The van der Waals surface area contributed by atoms with Crippen molar-refractivity contribution in [2.75, 3.05) is 7.11 Å². The van der Waals surface area contributed by atoms with Gasteiger partial charge in [-0.3, -0.25) is 0 Å². The first-order chi connectivity index (χ1) is 8.69. The van der Waals surface area contributed by atoms with Crippen molar-refractivity contribution in [3.05, 3.63) is 36.2 Å². The maximum Gasteiger partial charge on any atom is 0.121 e. The maximum atomic E-state index is 5.18. The Bertz CT molecular complexity index is 507. The van der Waals surface area contributed by atoms with Crippen LogP contribution in [-0.4, -0.2) is 28.1 Å². The molecule has 18 heavy (non-hydrogen) atoms. The number of aromatic nitrogens is 3. The topological polar surface area (TPSA) is 52.0 Å². The molecule has 0 radical (unpaired) electrons. The molecule has 0 atom stereocenters. The van der Waals surface area contributed by atoms with Crippen LogP contribution in [0, 0.1) is 0 Å². The maximum absolute atomic E-state index is 5.18. The molecule has 2 aromatic rings. The van der Waals surface area contributed by atoms with Crippen LogP contribution in [0.4, 0.5) is 0 Å². The van der Waals surface area contributed by atoms with Crippen molar-refractivity contribution in [3.8, 4) is 11.4 Å². The van der Waals surface area contributed by atoms with E-state index >= 15 is 0 Å². The minimum absolute atomic E-state index is 0.437. The average molecular weight is 246 g/mol. The van der Waals surface area contributed by atoms with Crippen LogP contribution < -0.4 is 10.1 Å². The molecule has 96 valence electrons. The Hall–Kier alpha value is -1.88. The Morgan fingerprint density at radius 2 is 2.22 bits per heavy atom. The Morgan fingerprint density at radius 3 is 2.94 bits per heavy atom. The Kier molecular flexibility index (Phi) is 3.94. The van der Waals surface area contributed by atoms with E-state index in [2.05, 4.69) is 29.4 Å². The highest BCUT2D eigenvalue weighted by Crippen LogP contribution is 2.14. The van der Waals surface area contributed by atoms with Crippen molar-refractivity contribution in [2.24, 2.45) is 0 Å². The van der Waals surface area contributed by atoms with Gasteiger partial charge < -0.3 is 10.1 Å². The van der Waals surface area contributed by atoms with Gasteiger partial charge in [0, 0.05) is 18.7 Å². The van der Waals surface area contributed by atoms with Gasteiger partial charge in [0.15, 0.2) is 0 Å². The highest BCUT2D eigenvalue weighted by Gasteiger charge is 2.04. The molecule has 0 aliphatic rings. The summed E-state index contributed by atoms with van der Waals surface area (Å²) in [5, 5.41) is 12.0. The van der Waals surface area contributed by atoms with Gasteiger partial charge in [0.2, 0.25) is 0 Å². The molecule has 0 unspecified atom stereocenters. The quantitative estimate of drug-likeness (QED) is 0.873. The normalized spacial score (nSPS) is 10.9. The molecule has 0 spiro atoms. The molecular formula is C13H18N4O. The van der Waals surface area contributed by atoms with Crippen molar-refractivity contribution < 1.29 is 4.74 Å². The summed E-state index contributed by atoms with van der Waals surface area (Å²) < 4.78 is 5.18. The second-order valence-corrected chi connectivity index (χ2v) is 4.36. The lowest BCUT2D eigenvalue weighted by atomic mass is 10.3. The molecule has 0 fully saturated rings. The van der Waals surface area contributed by atoms with Crippen LogP contribution in [0.2, 0.25) is 0 Å². The summed E-state index contributed by atoms with van der Waals surface area (Å²) in [5.41, 5.74) is 1.82. The van der Waals surface area contributed by atoms with Crippen LogP contribution in [0.15, 0.2) is 30.5 Å². The Labute approximate surface area is 107 Å². The SMILES string of the molecule is COc1cccc(-n2ncc(CNC(C)C)n2)c1. The van der Waals surface area contributed by atoms with E-state index in [1.807, 2.05) is 24.3 Å². The Morgan fingerprint density at radius 1 is 1.39 bits per heavy atom. The molecule has 0 aliphatic carbocycles. The molecule has 1 heterocycles. The van der Waals surface area contributed by atoms with Gasteiger partial charge in [-0.15, -0.1) is 0 Å². The fraction of sp³-hybridized carbons (Fsp3) is 0.385. The number of hydrogen-bond donors (Lipinski definition) is 1. The van der Waals surface area contributed by atoms with Crippen LogP contribution in [-0.2, 0) is 6.54 Å². The van der Waals surface area contributed by atoms with Gasteiger partial charge in [-0.25, -0.2) is 0 Å². The fourth-order valence-corrected chi connectivity index (χ4v) is 1.54. The standard InChI is InChI=1S/C13H18N4O/c1-10(2)14-8-11-9-15-17(16-11)12-5-4-6-13(7-12)18-3/h4-7,9-10,14H,8H2,1-3H3. The molecule has 0 saturated heterocycles. The monoisotopic (exact) mass is 246 g/mol. The first-order valence-electron chi connectivity index (χ1n) is 5.98. The molecule has 0 bridgehead atoms. The molecule has 5 heteroatoms. The van der Waals surface area contributed by atoms with Crippen molar-refractivity contribution >= 4 is 0 Å². The van der Waals surface area contributed by atoms with E-state index in [4.69, 9.17) is 4.74 Å². The van der Waals surface area contributed by atoms with E-state index in [-0.39, 0.29) is 0 Å². The zero-order valence-corrected chi connectivity index (χ0v) is 10.9. The number of nitrogens with one attached hydrogen (secondary N) is 1. The summed E-state index contributed by atoms with van der Waals surface area (Å²) >= 11 is 0. The summed E-state index contributed by atoms with van der Waals surface area (Å²) in [6.45, 7) is 4.93. The van der Waals surface area contributed by atoms with Crippen molar-refractivity contribution in [3.63, 3.8) is 0 Å². The van der Waals surface area contributed by atoms with E-state index in [0.717, 1.165) is 23.7 Å². The zero-order valence-electron chi connectivity index (χ0n) is 10.9. The minimum Gasteiger partial charge on any atom is -0.497 e. The van der Waals surface area contributed by atoms with Crippen LogP contribution in [0.25, 0.3) is 5.69 Å². The third-order valence-corrected chi connectivity index (χ3v) is 2.51. The van der Waals surface area contributed by atoms with E-state index in [9.17, 15) is 0 Å². The predicted molar refractivity (Wildman–Crippen MR) is 69.9 cm³/mol. The minimum atomic E-state index is 0.437. The lowest BCUT2D eigenvalue weighted by molar-refractivity contribution is 0.414. The molecule has 0 saturated carbocycles. The second kappa shape index (κ2) is 5.64. The smallest absolute Gasteiger partial charge is 0.121 e. The van der Waals surface area contributed by atoms with Gasteiger partial charge in [0.05, 0.1) is 24.7 Å². The summed E-state index contributed by atoms with van der Waals surface area (Å²) in [5.74, 6) is 0.798. The summed E-state index contributed by atoms with van der Waals surface area (Å²) in [6, 6.07) is 8.10. The predicted octanol–water partition coefficient (Wildman–Crippen LogP) is 1.77. The van der Waals surface area contributed by atoms with E-state index in [0.29, 0.717) is 6.04 Å². The number of hydrogen-bond acceptors (Lipinski definition) is 4. The number of benzene rings is 1. The second-order valence-electron chi connectivity index (χ2n) is 4.36. The van der Waals surface area contributed by atoms with Crippen molar-refractivity contribution in [1.29, 1.82) is 0 Å². The average Bonchev–Trinajstić information content (AvgIpc) is 2.85. The molecule has 2 rings (SSSR count). The first kappa shape index (κ1) is 12.6. The summed E-state index contributed by atoms with van der Waals surface area (Å²) in [4.78, 5) is 1.61. The van der Waals surface area contributed by atoms with E-state index < -0.39 is 0 Å². The van der Waals surface area contributed by atoms with Crippen LogP contribution in [0.3, 0.4) is 0 Å². The number of ether oxygens (including phenoxy) is 1. The van der Waals surface area contributed by atoms with Gasteiger partial charge in [0.25, 0.3) is 0 Å². The lowest BCUT2D eigenvalue weighted by Gasteiger charge is -2.05. The molecule has 1 aromatic carbocycles. The fourth-order valence-electron chi connectivity index (χ4n) is 1.54. The van der Waals surface area contributed by atoms with Crippen molar-refractivity contribution in [1.82, 2.24) is 20.3 Å². The third kappa shape index (κ3) is 3.07. The highest BCUT2D eigenvalue weighted by molar-refractivity contribution is 5.37. The van der Waals surface area contributed by atoms with Crippen molar-refractivity contribution in [2.45, 2.75) is 26.4 Å². The molecule has 1 N–H and O–H groups in total. The number of nitrogens with zero attached hydrogens (tertiary/aromatic N) is 3. The molecule has 1 aromatic heterocycles. The lowest BCUT2D eigenvalue weighted by Crippen LogP contribution is -2.22. The number of methoxy groups -OCH3 is 1. The number of rotatable bonds is 5. The van der Waals surface area contributed by atoms with Crippen LogP contribution in [0.1, 0.15) is 19.5 Å². The van der Waals surface area contributed by atoms with Gasteiger partial charge in [-0.1, -0.05) is 19.9 Å². The third-order valence-electron chi connectivity index (χ3n) is 2.51. The van der Waals surface area contributed by atoms with Gasteiger partial charge in [-0.05, 0) is 12.1 Å². The molecule has 5 nitrogen and oxygen atoms in total. The summed E-state index contributed by atoms with van der Waals surface area (Å²) in [6.07, 6.45) is 1.77. The van der Waals surface area contributed by atoms with Gasteiger partial charge >= 0.3 is 0 Å². The highest BCUT2D eigenvalue weighted by atomic mass is 16.5. The first-order valence-corrected chi connectivity index (χ1v) is 5.98. The van der Waals surface area contributed by atoms with Crippen LogP contribution in [0.5, 0.6) is 5.75 Å². The molecule has 0 amide bonds. The van der Waals surface area contributed by atoms with E-state index in [1.165, 1.54) is 0 Å². The summed E-state index contributed by atoms with van der Waals surface area (Å²) in [7, 11) is 1.65. The van der Waals surface area contributed by atoms with Gasteiger partial charge in [0.1, 0.15) is 5.75 Å². The van der Waals surface area contributed by atoms with Crippen LogP contribution >= 0.6 is 0 Å².